The zero-order valence-corrected chi connectivity index (χ0v) is 11.9. The number of carbonyl (C=O) groups is 1. The van der Waals surface area contributed by atoms with Crippen LogP contribution in [0, 0.1) is 11.6 Å². The highest BCUT2D eigenvalue weighted by atomic mass is 19.1. The number of benzene rings is 1. The summed E-state index contributed by atoms with van der Waals surface area (Å²) in [6.07, 6.45) is 0. The van der Waals surface area contributed by atoms with Crippen molar-refractivity contribution < 1.29 is 18.7 Å². The van der Waals surface area contributed by atoms with Gasteiger partial charge in [-0.3, -0.25) is 9.69 Å². The molecule has 0 saturated heterocycles. The molecule has 6 heteroatoms. The third-order valence-electron chi connectivity index (χ3n) is 2.65. The third-order valence-corrected chi connectivity index (χ3v) is 2.65. The molecule has 1 rings (SSSR count). The average molecular weight is 286 g/mol. The zero-order chi connectivity index (χ0) is 15.3. The number of anilines is 1. The summed E-state index contributed by atoms with van der Waals surface area (Å²) in [5.74, 6) is -2.16. The molecule has 0 fully saturated rings. The molecular weight excluding hydrogens is 266 g/mol. The monoisotopic (exact) mass is 286 g/mol. The molecule has 0 heterocycles. The number of carbonyl (C=O) groups excluding carboxylic acids is 1. The first-order valence-electron chi connectivity index (χ1n) is 6.41. The van der Waals surface area contributed by atoms with Crippen LogP contribution in [-0.4, -0.2) is 41.1 Å². The number of amides is 1. The van der Waals surface area contributed by atoms with E-state index in [1.807, 2.05) is 6.92 Å². The van der Waals surface area contributed by atoms with Crippen LogP contribution < -0.4 is 5.32 Å². The van der Waals surface area contributed by atoms with Crippen molar-refractivity contribution in [2.24, 2.45) is 0 Å². The minimum atomic E-state index is -0.945. The molecule has 0 aliphatic carbocycles. The first-order chi connectivity index (χ1) is 9.23. The summed E-state index contributed by atoms with van der Waals surface area (Å²) in [5.41, 5.74) is -1.39. The van der Waals surface area contributed by atoms with Crippen LogP contribution in [0.2, 0.25) is 0 Å². The summed E-state index contributed by atoms with van der Waals surface area (Å²) in [4.78, 5) is 13.5. The van der Waals surface area contributed by atoms with Gasteiger partial charge in [0.05, 0.1) is 12.1 Å². The maximum absolute atomic E-state index is 13.4. The quantitative estimate of drug-likeness (QED) is 0.841. The third kappa shape index (κ3) is 5.22. The molecule has 20 heavy (non-hydrogen) atoms. The van der Waals surface area contributed by atoms with Gasteiger partial charge in [-0.2, -0.15) is 0 Å². The molecule has 0 aromatic heterocycles. The smallest absolute Gasteiger partial charge is 0.238 e. The molecular formula is C14H20F2N2O2. The average Bonchev–Trinajstić information content (AvgIpc) is 2.31. The SMILES string of the molecule is CCN(CC(=O)Nc1c(F)cccc1F)CC(C)(C)O. The molecule has 0 saturated carbocycles. The van der Waals surface area contributed by atoms with Crippen molar-refractivity contribution >= 4 is 11.6 Å². The second-order valence-corrected chi connectivity index (χ2v) is 5.26. The van der Waals surface area contributed by atoms with E-state index in [9.17, 15) is 18.7 Å². The van der Waals surface area contributed by atoms with Gasteiger partial charge in [-0.1, -0.05) is 13.0 Å². The van der Waals surface area contributed by atoms with E-state index in [0.717, 1.165) is 12.1 Å². The Morgan fingerprint density at radius 3 is 2.35 bits per heavy atom. The fraction of sp³-hybridized carbons (Fsp3) is 0.500. The summed E-state index contributed by atoms with van der Waals surface area (Å²) < 4.78 is 26.8. The van der Waals surface area contributed by atoms with Gasteiger partial charge in [-0.25, -0.2) is 8.78 Å². The molecule has 0 unspecified atom stereocenters. The number of hydrogen-bond acceptors (Lipinski definition) is 3. The van der Waals surface area contributed by atoms with Crippen LogP contribution in [-0.2, 0) is 4.79 Å². The van der Waals surface area contributed by atoms with Gasteiger partial charge < -0.3 is 10.4 Å². The number of nitrogens with zero attached hydrogens (tertiary/aromatic N) is 1. The highest BCUT2D eigenvalue weighted by molar-refractivity contribution is 5.92. The normalized spacial score (nSPS) is 11.8. The van der Waals surface area contributed by atoms with E-state index in [2.05, 4.69) is 5.32 Å². The number of likely N-dealkylation sites (N-methyl/N-ethyl adjacent to an activating group) is 1. The minimum absolute atomic E-state index is 0.0474. The number of rotatable bonds is 6. The van der Waals surface area contributed by atoms with Crippen molar-refractivity contribution in [1.82, 2.24) is 4.90 Å². The second-order valence-electron chi connectivity index (χ2n) is 5.26. The van der Waals surface area contributed by atoms with Crippen LogP contribution in [0.25, 0.3) is 0 Å². The number of hydrogen-bond donors (Lipinski definition) is 2. The number of nitrogens with one attached hydrogen (secondary N) is 1. The summed E-state index contributed by atoms with van der Waals surface area (Å²) in [7, 11) is 0. The Balaban J connectivity index is 2.67. The van der Waals surface area contributed by atoms with Crippen LogP contribution in [0.15, 0.2) is 18.2 Å². The van der Waals surface area contributed by atoms with E-state index >= 15 is 0 Å². The van der Waals surface area contributed by atoms with E-state index in [1.54, 1.807) is 18.7 Å². The number of halogens is 2. The Labute approximate surface area is 117 Å². The van der Waals surface area contributed by atoms with Gasteiger partial charge in [0.25, 0.3) is 0 Å². The molecule has 0 spiro atoms. The van der Waals surface area contributed by atoms with Crippen LogP contribution in [0.5, 0.6) is 0 Å². The number of aliphatic hydroxyl groups is 1. The lowest BCUT2D eigenvalue weighted by atomic mass is 10.1. The summed E-state index contributed by atoms with van der Waals surface area (Å²) in [5, 5.41) is 11.9. The number of para-hydroxylation sites is 1. The van der Waals surface area contributed by atoms with Crippen LogP contribution in [0.3, 0.4) is 0 Å². The molecule has 0 radical (unpaired) electrons. The Morgan fingerprint density at radius 2 is 1.90 bits per heavy atom. The highest BCUT2D eigenvalue weighted by Gasteiger charge is 2.20. The second kappa shape index (κ2) is 6.76. The fourth-order valence-electron chi connectivity index (χ4n) is 1.83. The van der Waals surface area contributed by atoms with Crippen molar-refractivity contribution in [2.45, 2.75) is 26.4 Å². The minimum Gasteiger partial charge on any atom is -0.389 e. The maximum Gasteiger partial charge on any atom is 0.238 e. The maximum atomic E-state index is 13.4. The summed E-state index contributed by atoms with van der Waals surface area (Å²) in [6.45, 7) is 5.87. The standard InChI is InChI=1S/C14H20F2N2O2/c1-4-18(9-14(2,3)20)8-12(19)17-13-10(15)6-5-7-11(13)16/h5-7,20H,4,8-9H2,1-3H3,(H,17,19). The predicted molar refractivity (Wildman–Crippen MR) is 73.4 cm³/mol. The van der Waals surface area contributed by atoms with Crippen molar-refractivity contribution in [2.75, 3.05) is 25.0 Å². The van der Waals surface area contributed by atoms with E-state index in [0.29, 0.717) is 6.54 Å². The van der Waals surface area contributed by atoms with Crippen LogP contribution in [0.1, 0.15) is 20.8 Å². The molecule has 0 bridgehead atoms. The van der Waals surface area contributed by atoms with E-state index in [-0.39, 0.29) is 13.1 Å². The molecule has 0 aliphatic heterocycles. The zero-order valence-electron chi connectivity index (χ0n) is 11.9. The molecule has 1 aromatic carbocycles. The van der Waals surface area contributed by atoms with E-state index in [1.165, 1.54) is 6.07 Å². The lowest BCUT2D eigenvalue weighted by Gasteiger charge is -2.27. The van der Waals surface area contributed by atoms with Crippen molar-refractivity contribution in [3.8, 4) is 0 Å². The lowest BCUT2D eigenvalue weighted by Crippen LogP contribution is -2.42. The lowest BCUT2D eigenvalue weighted by molar-refractivity contribution is -0.117. The summed E-state index contributed by atoms with van der Waals surface area (Å²) >= 11 is 0. The fourth-order valence-corrected chi connectivity index (χ4v) is 1.83. The molecule has 0 atom stereocenters. The highest BCUT2D eigenvalue weighted by Crippen LogP contribution is 2.17. The molecule has 1 amide bonds. The van der Waals surface area contributed by atoms with Gasteiger partial charge in [0.1, 0.15) is 17.3 Å². The largest absolute Gasteiger partial charge is 0.389 e. The van der Waals surface area contributed by atoms with Gasteiger partial charge in [0.2, 0.25) is 5.91 Å². The Morgan fingerprint density at radius 1 is 1.35 bits per heavy atom. The van der Waals surface area contributed by atoms with Crippen LogP contribution >= 0.6 is 0 Å². The van der Waals surface area contributed by atoms with Crippen molar-refractivity contribution in [1.29, 1.82) is 0 Å². The summed E-state index contributed by atoms with van der Waals surface area (Å²) in [6, 6.07) is 3.38. The first kappa shape index (κ1) is 16.5. The molecule has 4 nitrogen and oxygen atoms in total. The van der Waals surface area contributed by atoms with Gasteiger partial charge in [0, 0.05) is 6.54 Å². The van der Waals surface area contributed by atoms with Crippen LogP contribution in [0.4, 0.5) is 14.5 Å². The molecule has 112 valence electrons. The molecule has 2 N–H and O–H groups in total. The van der Waals surface area contributed by atoms with Gasteiger partial charge in [0.15, 0.2) is 0 Å². The van der Waals surface area contributed by atoms with E-state index in [4.69, 9.17) is 0 Å². The predicted octanol–water partition coefficient (Wildman–Crippen LogP) is 2.00. The van der Waals surface area contributed by atoms with Crippen molar-refractivity contribution in [3.05, 3.63) is 29.8 Å². The van der Waals surface area contributed by atoms with Gasteiger partial charge >= 0.3 is 0 Å². The first-order valence-corrected chi connectivity index (χ1v) is 6.41. The Kier molecular flexibility index (Phi) is 5.59. The van der Waals surface area contributed by atoms with Gasteiger partial charge in [-0.05, 0) is 32.5 Å². The Hall–Kier alpha value is -1.53. The Bertz CT molecular complexity index is 452. The topological polar surface area (TPSA) is 52.6 Å². The molecule has 0 aliphatic rings. The van der Waals surface area contributed by atoms with Gasteiger partial charge in [-0.15, -0.1) is 0 Å². The van der Waals surface area contributed by atoms with E-state index < -0.39 is 28.8 Å². The molecule has 1 aromatic rings. The van der Waals surface area contributed by atoms with Crippen molar-refractivity contribution in [3.63, 3.8) is 0 Å².